The number of anilines is 1. The SMILES string of the molecule is CNC(=O)c1ccc(N2CCN(Cc3cc(-c4ccccc4F)c4nc(C)c(=O)[nH]c4c3)CC2)c(F)n1. The average Bonchev–Trinajstić information content (AvgIpc) is 2.89. The molecule has 1 aliphatic rings. The third kappa shape index (κ3) is 4.92. The molecule has 0 spiro atoms. The predicted octanol–water partition coefficient (Wildman–Crippen LogP) is 3.25. The van der Waals surface area contributed by atoms with E-state index in [9.17, 15) is 18.4 Å². The first-order valence-electron chi connectivity index (χ1n) is 12.0. The van der Waals surface area contributed by atoms with Gasteiger partial charge in [0, 0.05) is 50.9 Å². The molecule has 2 N–H and O–H groups in total. The van der Waals surface area contributed by atoms with Crippen LogP contribution in [-0.2, 0) is 6.54 Å². The number of aromatic amines is 1. The number of amides is 1. The zero-order valence-electron chi connectivity index (χ0n) is 20.5. The van der Waals surface area contributed by atoms with E-state index in [-0.39, 0.29) is 17.1 Å². The van der Waals surface area contributed by atoms with Crippen LogP contribution in [0.4, 0.5) is 14.5 Å². The Kier molecular flexibility index (Phi) is 6.66. The molecule has 2 aromatic heterocycles. The number of carbonyl (C=O) groups excluding carboxylic acids is 1. The number of fused-ring (bicyclic) bond motifs is 1. The standard InChI is InChI=1S/C27H26F2N6O2/c1-16-26(36)33-22-14-17(13-19(24(22)31-16)18-5-3-4-6-20(18)28)15-34-9-11-35(12-10-34)23-8-7-21(27(37)30-2)32-25(23)29/h3-8,13-14H,9-12,15H2,1-2H3,(H,30,37)(H,33,36). The van der Waals surface area contributed by atoms with Gasteiger partial charge < -0.3 is 15.2 Å². The first-order chi connectivity index (χ1) is 17.8. The highest BCUT2D eigenvalue weighted by atomic mass is 19.1. The molecule has 1 aliphatic heterocycles. The number of nitrogens with one attached hydrogen (secondary N) is 2. The molecule has 2 aromatic carbocycles. The van der Waals surface area contributed by atoms with E-state index in [2.05, 4.69) is 25.2 Å². The molecule has 8 nitrogen and oxygen atoms in total. The van der Waals surface area contributed by atoms with E-state index in [0.717, 1.165) is 5.56 Å². The minimum atomic E-state index is -0.676. The Bertz CT molecular complexity index is 1550. The summed E-state index contributed by atoms with van der Waals surface area (Å²) in [5.41, 5.74) is 3.46. The summed E-state index contributed by atoms with van der Waals surface area (Å²) in [6, 6.07) is 13.4. The molecule has 4 aromatic rings. The van der Waals surface area contributed by atoms with Crippen molar-refractivity contribution in [1.29, 1.82) is 0 Å². The lowest BCUT2D eigenvalue weighted by molar-refractivity contribution is 0.0957. The molecule has 0 aliphatic carbocycles. The third-order valence-electron chi connectivity index (χ3n) is 6.60. The van der Waals surface area contributed by atoms with Gasteiger partial charge in [-0.1, -0.05) is 18.2 Å². The Morgan fingerprint density at radius 1 is 1.03 bits per heavy atom. The van der Waals surface area contributed by atoms with Gasteiger partial charge in [-0.3, -0.25) is 14.5 Å². The second-order valence-electron chi connectivity index (χ2n) is 9.02. The molecule has 1 amide bonds. The van der Waals surface area contributed by atoms with Crippen molar-refractivity contribution < 1.29 is 13.6 Å². The second-order valence-corrected chi connectivity index (χ2v) is 9.02. The number of pyridine rings is 1. The van der Waals surface area contributed by atoms with E-state index in [1.165, 1.54) is 19.2 Å². The van der Waals surface area contributed by atoms with Crippen LogP contribution in [0.25, 0.3) is 22.2 Å². The molecule has 1 saturated heterocycles. The van der Waals surface area contributed by atoms with Crippen molar-refractivity contribution in [2.75, 3.05) is 38.1 Å². The van der Waals surface area contributed by atoms with E-state index in [4.69, 9.17) is 0 Å². The Morgan fingerprint density at radius 3 is 2.49 bits per heavy atom. The Labute approximate surface area is 212 Å². The van der Waals surface area contributed by atoms with Crippen molar-refractivity contribution in [3.8, 4) is 11.1 Å². The van der Waals surface area contributed by atoms with Crippen LogP contribution in [0, 0.1) is 18.7 Å². The van der Waals surface area contributed by atoms with Crippen molar-refractivity contribution >= 4 is 22.6 Å². The number of halogens is 2. The fourth-order valence-electron chi connectivity index (χ4n) is 4.64. The van der Waals surface area contributed by atoms with Crippen LogP contribution >= 0.6 is 0 Å². The van der Waals surface area contributed by atoms with Crippen LogP contribution in [0.3, 0.4) is 0 Å². The lowest BCUT2D eigenvalue weighted by atomic mass is 9.99. The van der Waals surface area contributed by atoms with Crippen LogP contribution < -0.4 is 15.8 Å². The zero-order valence-corrected chi connectivity index (χ0v) is 20.5. The molecule has 0 bridgehead atoms. The first-order valence-corrected chi connectivity index (χ1v) is 12.0. The first kappa shape index (κ1) is 24.5. The molecule has 190 valence electrons. The van der Waals surface area contributed by atoms with Gasteiger partial charge in [0.2, 0.25) is 5.95 Å². The molecule has 0 atom stereocenters. The smallest absolute Gasteiger partial charge is 0.269 e. The molecule has 5 rings (SSSR count). The van der Waals surface area contributed by atoms with E-state index >= 15 is 0 Å². The Balaban J connectivity index is 1.38. The average molecular weight is 505 g/mol. The normalized spacial score (nSPS) is 14.2. The van der Waals surface area contributed by atoms with Crippen LogP contribution in [0.5, 0.6) is 0 Å². The topological polar surface area (TPSA) is 94.2 Å². The second kappa shape index (κ2) is 10.1. The van der Waals surface area contributed by atoms with Gasteiger partial charge >= 0.3 is 0 Å². The maximum atomic E-state index is 14.7. The molecule has 0 saturated carbocycles. The van der Waals surface area contributed by atoms with Crippen LogP contribution in [0.15, 0.2) is 53.3 Å². The van der Waals surface area contributed by atoms with E-state index in [1.807, 2.05) is 17.0 Å². The summed E-state index contributed by atoms with van der Waals surface area (Å²) in [7, 11) is 1.47. The summed E-state index contributed by atoms with van der Waals surface area (Å²) >= 11 is 0. The highest BCUT2D eigenvalue weighted by Crippen LogP contribution is 2.30. The summed E-state index contributed by atoms with van der Waals surface area (Å²) in [5, 5.41) is 2.44. The molecule has 0 radical (unpaired) electrons. The van der Waals surface area contributed by atoms with Crippen LogP contribution in [-0.4, -0.2) is 59.0 Å². The summed E-state index contributed by atoms with van der Waals surface area (Å²) in [6.07, 6.45) is 0. The van der Waals surface area contributed by atoms with E-state index in [1.54, 1.807) is 31.2 Å². The molecule has 10 heteroatoms. The summed E-state index contributed by atoms with van der Waals surface area (Å²) in [5.74, 6) is -1.48. The maximum absolute atomic E-state index is 14.7. The van der Waals surface area contributed by atoms with Gasteiger partial charge in [0.1, 0.15) is 17.2 Å². The van der Waals surface area contributed by atoms with Gasteiger partial charge in [0.15, 0.2) is 0 Å². The molecule has 1 fully saturated rings. The minimum absolute atomic E-state index is 0.0343. The number of rotatable bonds is 5. The Hall–Kier alpha value is -4.18. The quantitative estimate of drug-likeness (QED) is 0.406. The number of aromatic nitrogens is 3. The number of carbonyl (C=O) groups is 1. The van der Waals surface area contributed by atoms with Crippen molar-refractivity contribution in [1.82, 2.24) is 25.2 Å². The third-order valence-corrected chi connectivity index (χ3v) is 6.60. The molecular formula is C27H26F2N6O2. The van der Waals surface area contributed by atoms with Crippen LogP contribution in [0.2, 0.25) is 0 Å². The highest BCUT2D eigenvalue weighted by Gasteiger charge is 2.22. The lowest BCUT2D eigenvalue weighted by Gasteiger charge is -2.36. The summed E-state index contributed by atoms with van der Waals surface area (Å²) < 4.78 is 29.3. The summed E-state index contributed by atoms with van der Waals surface area (Å²) in [6.45, 7) is 4.66. The van der Waals surface area contributed by atoms with Gasteiger partial charge in [0.05, 0.1) is 16.7 Å². The maximum Gasteiger partial charge on any atom is 0.269 e. The zero-order chi connectivity index (χ0) is 26.1. The van der Waals surface area contributed by atoms with Crippen molar-refractivity contribution in [2.24, 2.45) is 0 Å². The van der Waals surface area contributed by atoms with Gasteiger partial charge in [0.25, 0.3) is 11.5 Å². The number of nitrogens with zero attached hydrogens (tertiary/aromatic N) is 4. The number of aryl methyl sites for hydroxylation is 1. The van der Waals surface area contributed by atoms with E-state index in [0.29, 0.717) is 66.3 Å². The Morgan fingerprint density at radius 2 is 1.78 bits per heavy atom. The van der Waals surface area contributed by atoms with E-state index < -0.39 is 11.9 Å². The number of hydrogen-bond donors (Lipinski definition) is 2. The van der Waals surface area contributed by atoms with Crippen molar-refractivity contribution in [3.63, 3.8) is 0 Å². The molecule has 3 heterocycles. The largest absolute Gasteiger partial charge is 0.365 e. The van der Waals surface area contributed by atoms with Gasteiger partial charge in [-0.25, -0.2) is 14.4 Å². The monoisotopic (exact) mass is 504 g/mol. The van der Waals surface area contributed by atoms with Gasteiger partial charge in [-0.05, 0) is 42.8 Å². The molecule has 0 unspecified atom stereocenters. The number of H-pyrrole nitrogens is 1. The van der Waals surface area contributed by atoms with Crippen molar-refractivity contribution in [2.45, 2.75) is 13.5 Å². The van der Waals surface area contributed by atoms with Gasteiger partial charge in [-0.2, -0.15) is 4.39 Å². The number of benzene rings is 2. The summed E-state index contributed by atoms with van der Waals surface area (Å²) in [4.78, 5) is 39.2. The fraction of sp³-hybridized carbons (Fsp3) is 0.259. The predicted molar refractivity (Wildman–Crippen MR) is 138 cm³/mol. The molecular weight excluding hydrogens is 478 g/mol. The van der Waals surface area contributed by atoms with Crippen LogP contribution in [0.1, 0.15) is 21.7 Å². The fourth-order valence-corrected chi connectivity index (χ4v) is 4.64. The van der Waals surface area contributed by atoms with Crippen molar-refractivity contribution in [3.05, 3.63) is 87.6 Å². The molecule has 37 heavy (non-hydrogen) atoms. The van der Waals surface area contributed by atoms with Gasteiger partial charge in [-0.15, -0.1) is 0 Å². The lowest BCUT2D eigenvalue weighted by Crippen LogP contribution is -2.46. The number of hydrogen-bond acceptors (Lipinski definition) is 6. The highest BCUT2D eigenvalue weighted by molar-refractivity contribution is 5.93. The minimum Gasteiger partial charge on any atom is -0.365 e. The number of piperazine rings is 1.